The molecule has 0 radical (unpaired) electrons. The van der Waals surface area contributed by atoms with E-state index in [0.29, 0.717) is 10.7 Å². The van der Waals surface area contributed by atoms with Crippen LogP contribution in [0.5, 0.6) is 5.75 Å². The molecule has 3 rings (SSSR count). The number of hydrogen-bond acceptors (Lipinski definition) is 4. The Morgan fingerprint density at radius 3 is 2.40 bits per heavy atom. The van der Waals surface area contributed by atoms with Crippen LogP contribution in [0, 0.1) is 13.8 Å². The van der Waals surface area contributed by atoms with Crippen LogP contribution >= 0.6 is 23.2 Å². The predicted molar refractivity (Wildman–Crippen MR) is 98.0 cm³/mol. The molecule has 0 atom stereocenters. The predicted octanol–water partition coefficient (Wildman–Crippen LogP) is 4.10. The van der Waals surface area contributed by atoms with Crippen LogP contribution in [0.1, 0.15) is 11.1 Å². The maximum Gasteiger partial charge on any atom is 0.283 e. The van der Waals surface area contributed by atoms with Crippen molar-refractivity contribution in [3.05, 3.63) is 63.3 Å². The number of carbonyl (C=O) groups excluding carboxylic acids is 2. The van der Waals surface area contributed by atoms with Gasteiger partial charge >= 0.3 is 0 Å². The molecule has 0 bridgehead atoms. The normalized spacial score (nSPS) is 14.5. The molecule has 0 fully saturated rings. The number of rotatable bonds is 3. The second-order valence-corrected chi connectivity index (χ2v) is 6.53. The SMILES string of the molecule is Cc1ccc(N2C(=O)C(Cl)=C(Nc3cc(Cl)ccc3O)C2=O)c(C)c1. The monoisotopic (exact) mass is 376 g/mol. The number of aromatic hydroxyl groups is 1. The second-order valence-electron chi connectivity index (χ2n) is 5.71. The number of anilines is 2. The van der Waals surface area contributed by atoms with Crippen molar-refractivity contribution in [3.63, 3.8) is 0 Å². The van der Waals surface area contributed by atoms with E-state index in [4.69, 9.17) is 23.2 Å². The molecule has 1 aliphatic rings. The smallest absolute Gasteiger partial charge is 0.283 e. The lowest BCUT2D eigenvalue weighted by Gasteiger charge is -2.18. The summed E-state index contributed by atoms with van der Waals surface area (Å²) in [7, 11) is 0. The molecule has 0 saturated heterocycles. The Hall–Kier alpha value is -2.50. The Morgan fingerprint density at radius 2 is 1.72 bits per heavy atom. The molecule has 1 aliphatic heterocycles. The molecule has 0 saturated carbocycles. The van der Waals surface area contributed by atoms with E-state index in [-0.39, 0.29) is 22.2 Å². The van der Waals surface area contributed by atoms with Gasteiger partial charge in [0.1, 0.15) is 16.5 Å². The first-order valence-electron chi connectivity index (χ1n) is 7.41. The van der Waals surface area contributed by atoms with E-state index >= 15 is 0 Å². The van der Waals surface area contributed by atoms with Gasteiger partial charge in [0.15, 0.2) is 0 Å². The van der Waals surface area contributed by atoms with Gasteiger partial charge in [-0.2, -0.15) is 0 Å². The largest absolute Gasteiger partial charge is 0.506 e. The summed E-state index contributed by atoms with van der Waals surface area (Å²) in [6, 6.07) is 9.70. The minimum absolute atomic E-state index is 0.107. The first kappa shape index (κ1) is 17.3. The molecule has 2 aromatic rings. The molecule has 5 nitrogen and oxygen atoms in total. The number of nitrogens with one attached hydrogen (secondary N) is 1. The molecule has 25 heavy (non-hydrogen) atoms. The van der Waals surface area contributed by atoms with Crippen LogP contribution in [0.15, 0.2) is 47.1 Å². The van der Waals surface area contributed by atoms with Crippen molar-refractivity contribution in [2.24, 2.45) is 0 Å². The van der Waals surface area contributed by atoms with E-state index in [0.717, 1.165) is 16.0 Å². The summed E-state index contributed by atoms with van der Waals surface area (Å²) < 4.78 is 0. The van der Waals surface area contributed by atoms with E-state index in [1.807, 2.05) is 26.0 Å². The molecular formula is C18H14Cl2N2O3. The lowest BCUT2D eigenvalue weighted by atomic mass is 10.1. The standard InChI is InChI=1S/C18H14Cl2N2O3/c1-9-3-5-13(10(2)7-9)22-17(24)15(20)16(18(22)25)21-12-8-11(19)4-6-14(12)23/h3-8,21,23H,1-2H3. The Kier molecular flexibility index (Phi) is 4.45. The number of phenols is 1. The van der Waals surface area contributed by atoms with Gasteiger partial charge in [-0.3, -0.25) is 9.59 Å². The number of benzene rings is 2. The minimum atomic E-state index is -0.623. The van der Waals surface area contributed by atoms with Gasteiger partial charge in [0, 0.05) is 5.02 Å². The van der Waals surface area contributed by atoms with Crippen LogP contribution in [0.2, 0.25) is 5.02 Å². The van der Waals surface area contributed by atoms with E-state index in [2.05, 4.69) is 5.32 Å². The fourth-order valence-electron chi connectivity index (χ4n) is 2.63. The number of phenolic OH excluding ortho intramolecular Hbond substituents is 1. The van der Waals surface area contributed by atoms with Crippen LogP contribution in [-0.4, -0.2) is 16.9 Å². The average molecular weight is 377 g/mol. The molecule has 0 aromatic heterocycles. The summed E-state index contributed by atoms with van der Waals surface area (Å²) >= 11 is 12.0. The third-order valence-electron chi connectivity index (χ3n) is 3.84. The quantitative estimate of drug-likeness (QED) is 0.624. The topological polar surface area (TPSA) is 69.6 Å². The summed E-state index contributed by atoms with van der Waals surface area (Å²) in [6.45, 7) is 3.73. The summed E-state index contributed by atoms with van der Waals surface area (Å²) in [5.74, 6) is -1.34. The van der Waals surface area contributed by atoms with Crippen molar-refractivity contribution in [1.82, 2.24) is 0 Å². The number of imide groups is 1. The highest BCUT2D eigenvalue weighted by molar-refractivity contribution is 6.53. The highest BCUT2D eigenvalue weighted by Gasteiger charge is 2.39. The zero-order valence-electron chi connectivity index (χ0n) is 13.4. The summed E-state index contributed by atoms with van der Waals surface area (Å²) in [4.78, 5) is 26.3. The van der Waals surface area contributed by atoms with Crippen LogP contribution in [0.3, 0.4) is 0 Å². The zero-order chi connectivity index (χ0) is 18.3. The Labute approximate surface area is 154 Å². The van der Waals surface area contributed by atoms with Gasteiger partial charge in [-0.1, -0.05) is 40.9 Å². The molecule has 0 aliphatic carbocycles. The van der Waals surface area contributed by atoms with E-state index in [9.17, 15) is 14.7 Å². The number of hydrogen-bond donors (Lipinski definition) is 2. The van der Waals surface area contributed by atoms with Gasteiger partial charge in [-0.25, -0.2) is 4.90 Å². The second kappa shape index (κ2) is 6.43. The molecule has 2 amide bonds. The maximum absolute atomic E-state index is 12.8. The van der Waals surface area contributed by atoms with Crippen molar-refractivity contribution in [2.75, 3.05) is 10.2 Å². The Morgan fingerprint density at radius 1 is 1.00 bits per heavy atom. The lowest BCUT2D eigenvalue weighted by Crippen LogP contribution is -2.32. The molecule has 0 unspecified atom stereocenters. The first-order chi connectivity index (χ1) is 11.8. The van der Waals surface area contributed by atoms with E-state index in [1.54, 1.807) is 6.07 Å². The zero-order valence-corrected chi connectivity index (χ0v) is 14.9. The van der Waals surface area contributed by atoms with Gasteiger partial charge in [-0.15, -0.1) is 0 Å². The van der Waals surface area contributed by atoms with Gasteiger partial charge in [0.25, 0.3) is 11.8 Å². The lowest BCUT2D eigenvalue weighted by molar-refractivity contribution is -0.120. The van der Waals surface area contributed by atoms with Gasteiger partial charge in [0.2, 0.25) is 0 Å². The number of carbonyl (C=O) groups is 2. The fourth-order valence-corrected chi connectivity index (χ4v) is 3.01. The molecule has 2 N–H and O–H groups in total. The Bertz CT molecular complexity index is 938. The number of nitrogens with zero attached hydrogens (tertiary/aromatic N) is 1. The third-order valence-corrected chi connectivity index (χ3v) is 4.42. The van der Waals surface area contributed by atoms with Crippen LogP contribution in [0.4, 0.5) is 11.4 Å². The average Bonchev–Trinajstić information content (AvgIpc) is 2.75. The molecule has 7 heteroatoms. The van der Waals surface area contributed by atoms with Crippen LogP contribution in [0.25, 0.3) is 0 Å². The van der Waals surface area contributed by atoms with Crippen molar-refractivity contribution in [2.45, 2.75) is 13.8 Å². The number of amides is 2. The van der Waals surface area contributed by atoms with Crippen molar-refractivity contribution in [3.8, 4) is 5.75 Å². The van der Waals surface area contributed by atoms with Crippen LogP contribution < -0.4 is 10.2 Å². The first-order valence-corrected chi connectivity index (χ1v) is 8.16. The molecule has 1 heterocycles. The van der Waals surface area contributed by atoms with Crippen molar-refractivity contribution < 1.29 is 14.7 Å². The molecule has 128 valence electrons. The van der Waals surface area contributed by atoms with Gasteiger partial charge in [-0.05, 0) is 43.7 Å². The molecular weight excluding hydrogens is 363 g/mol. The summed E-state index contributed by atoms with van der Waals surface area (Å²) in [5, 5.41) is 12.7. The third kappa shape index (κ3) is 3.08. The van der Waals surface area contributed by atoms with Crippen molar-refractivity contribution >= 4 is 46.4 Å². The molecule has 0 spiro atoms. The number of halogens is 2. The van der Waals surface area contributed by atoms with E-state index < -0.39 is 11.8 Å². The summed E-state index contributed by atoms with van der Waals surface area (Å²) in [6.07, 6.45) is 0. The Balaban J connectivity index is 1.98. The highest BCUT2D eigenvalue weighted by Crippen LogP contribution is 2.34. The summed E-state index contributed by atoms with van der Waals surface area (Å²) in [5.41, 5.74) is 2.33. The number of aryl methyl sites for hydroxylation is 2. The van der Waals surface area contributed by atoms with Gasteiger partial charge < -0.3 is 10.4 Å². The minimum Gasteiger partial charge on any atom is -0.506 e. The van der Waals surface area contributed by atoms with E-state index in [1.165, 1.54) is 18.2 Å². The van der Waals surface area contributed by atoms with Crippen LogP contribution in [-0.2, 0) is 9.59 Å². The highest BCUT2D eigenvalue weighted by atomic mass is 35.5. The molecule has 2 aromatic carbocycles. The van der Waals surface area contributed by atoms with Crippen molar-refractivity contribution in [1.29, 1.82) is 0 Å². The van der Waals surface area contributed by atoms with Gasteiger partial charge in [0.05, 0.1) is 11.4 Å². The fraction of sp³-hybridized carbons (Fsp3) is 0.111. The maximum atomic E-state index is 12.8.